The lowest BCUT2D eigenvalue weighted by molar-refractivity contribution is 0.373. The Morgan fingerprint density at radius 1 is 1.24 bits per heavy atom. The molecule has 3 rings (SSSR count). The minimum Gasteiger partial charge on any atom is -0.397 e. The Balaban J connectivity index is 1.70. The lowest BCUT2D eigenvalue weighted by Gasteiger charge is -2.23. The molecule has 0 amide bonds. The number of hydrogen-bond acceptors (Lipinski definition) is 5. The molecule has 0 spiro atoms. The van der Waals surface area contributed by atoms with Gasteiger partial charge in [0, 0.05) is 13.6 Å². The zero-order chi connectivity index (χ0) is 17.9. The molecule has 2 aromatic rings. The van der Waals surface area contributed by atoms with Crippen molar-refractivity contribution in [3.63, 3.8) is 0 Å². The van der Waals surface area contributed by atoms with Crippen LogP contribution in [0.25, 0.3) is 0 Å². The number of benzene rings is 1. The lowest BCUT2D eigenvalue weighted by atomic mass is 9.89. The molecule has 0 bridgehead atoms. The first-order chi connectivity index (χ1) is 12.0. The summed E-state index contributed by atoms with van der Waals surface area (Å²) in [6, 6.07) is 8.73. The van der Waals surface area contributed by atoms with E-state index in [-0.39, 0.29) is 0 Å². The van der Waals surface area contributed by atoms with Gasteiger partial charge in [0.1, 0.15) is 4.21 Å². The van der Waals surface area contributed by atoms with Gasteiger partial charge in [0.05, 0.1) is 17.1 Å². The van der Waals surface area contributed by atoms with E-state index in [4.69, 9.17) is 5.73 Å². The number of nitrogens with two attached hydrogens (primary N) is 1. The van der Waals surface area contributed by atoms with Crippen molar-refractivity contribution in [2.45, 2.75) is 36.3 Å². The van der Waals surface area contributed by atoms with E-state index in [9.17, 15) is 8.42 Å². The third-order valence-corrected chi connectivity index (χ3v) is 7.97. The summed E-state index contributed by atoms with van der Waals surface area (Å²) in [6.07, 6.45) is 6.51. The number of nitrogen functional groups attached to an aromatic ring is 1. The van der Waals surface area contributed by atoms with Gasteiger partial charge in [-0.25, -0.2) is 8.42 Å². The van der Waals surface area contributed by atoms with Crippen molar-refractivity contribution in [1.82, 2.24) is 0 Å². The van der Waals surface area contributed by atoms with Gasteiger partial charge < -0.3 is 11.1 Å². The summed E-state index contributed by atoms with van der Waals surface area (Å²) in [5.41, 5.74) is 8.16. The fourth-order valence-corrected chi connectivity index (χ4v) is 5.58. The number of hydrogen-bond donors (Lipinski definition) is 2. The molecule has 1 fully saturated rings. The Bertz CT molecular complexity index is 798. The van der Waals surface area contributed by atoms with E-state index < -0.39 is 10.0 Å². The van der Waals surface area contributed by atoms with Gasteiger partial charge in [-0.15, -0.1) is 11.3 Å². The van der Waals surface area contributed by atoms with Crippen LogP contribution in [0.5, 0.6) is 0 Å². The molecule has 0 aliphatic heterocycles. The van der Waals surface area contributed by atoms with Crippen LogP contribution in [0.15, 0.2) is 39.9 Å². The van der Waals surface area contributed by atoms with E-state index in [2.05, 4.69) is 5.32 Å². The quantitative estimate of drug-likeness (QED) is 0.740. The van der Waals surface area contributed by atoms with Gasteiger partial charge in [-0.2, -0.15) is 0 Å². The molecule has 0 atom stereocenters. The first-order valence-corrected chi connectivity index (χ1v) is 11.0. The van der Waals surface area contributed by atoms with Crippen LogP contribution in [-0.2, 0) is 10.0 Å². The van der Waals surface area contributed by atoms with E-state index in [1.165, 1.54) is 47.7 Å². The number of rotatable bonds is 6. The molecule has 5 nitrogen and oxygen atoms in total. The largest absolute Gasteiger partial charge is 0.397 e. The first-order valence-electron chi connectivity index (χ1n) is 8.64. The Morgan fingerprint density at radius 2 is 2.00 bits per heavy atom. The van der Waals surface area contributed by atoms with Gasteiger partial charge >= 0.3 is 0 Å². The molecule has 1 aromatic carbocycles. The average molecular weight is 380 g/mol. The molecule has 0 unspecified atom stereocenters. The molecule has 1 aliphatic rings. The zero-order valence-electron chi connectivity index (χ0n) is 14.4. The van der Waals surface area contributed by atoms with Gasteiger partial charge in [-0.05, 0) is 48.4 Å². The van der Waals surface area contributed by atoms with Crippen LogP contribution in [0.2, 0.25) is 0 Å². The second-order valence-electron chi connectivity index (χ2n) is 6.56. The van der Waals surface area contributed by atoms with Crippen molar-refractivity contribution in [3.05, 3.63) is 35.7 Å². The number of sulfonamides is 1. The Labute approximate surface area is 153 Å². The number of anilines is 3. The normalized spacial score (nSPS) is 15.9. The molecule has 0 saturated heterocycles. The molecule has 1 heterocycles. The van der Waals surface area contributed by atoms with Crippen LogP contribution < -0.4 is 15.4 Å². The summed E-state index contributed by atoms with van der Waals surface area (Å²) >= 11 is 1.21. The minimum absolute atomic E-state index is 0.327. The average Bonchev–Trinajstić information content (AvgIpc) is 3.16. The first kappa shape index (κ1) is 18.1. The maximum Gasteiger partial charge on any atom is 0.273 e. The highest BCUT2D eigenvalue weighted by atomic mass is 32.2. The second-order valence-corrected chi connectivity index (χ2v) is 9.70. The van der Waals surface area contributed by atoms with Gasteiger partial charge in [0.25, 0.3) is 10.0 Å². The maximum absolute atomic E-state index is 12.6. The van der Waals surface area contributed by atoms with Crippen LogP contribution in [0.1, 0.15) is 32.1 Å². The third-order valence-electron chi connectivity index (χ3n) is 4.81. The molecule has 3 N–H and O–H groups in total. The fourth-order valence-electron chi connectivity index (χ4n) is 3.24. The monoisotopic (exact) mass is 379 g/mol. The zero-order valence-corrected chi connectivity index (χ0v) is 16.1. The van der Waals surface area contributed by atoms with Crippen LogP contribution in [-0.4, -0.2) is 22.0 Å². The van der Waals surface area contributed by atoms with Crippen LogP contribution in [0, 0.1) is 5.92 Å². The summed E-state index contributed by atoms with van der Waals surface area (Å²) in [5, 5.41) is 5.18. The van der Waals surface area contributed by atoms with Crippen molar-refractivity contribution in [2.75, 3.05) is 28.9 Å². The lowest BCUT2D eigenvalue weighted by Crippen LogP contribution is -2.26. The highest BCUT2D eigenvalue weighted by molar-refractivity contribution is 7.94. The molecule has 1 aliphatic carbocycles. The van der Waals surface area contributed by atoms with Crippen molar-refractivity contribution in [1.29, 1.82) is 0 Å². The highest BCUT2D eigenvalue weighted by Crippen LogP contribution is 2.30. The summed E-state index contributed by atoms with van der Waals surface area (Å²) in [7, 11) is -1.98. The highest BCUT2D eigenvalue weighted by Gasteiger charge is 2.22. The molecule has 136 valence electrons. The van der Waals surface area contributed by atoms with Gasteiger partial charge in [0.2, 0.25) is 0 Å². The summed E-state index contributed by atoms with van der Waals surface area (Å²) in [6.45, 7) is 0.923. The van der Waals surface area contributed by atoms with Crippen molar-refractivity contribution in [3.8, 4) is 0 Å². The number of nitrogens with one attached hydrogen (secondary N) is 1. The molecular weight excluding hydrogens is 354 g/mol. The SMILES string of the molecule is CN(c1ccc(NCC2CCCCC2)c(N)c1)S(=O)(=O)c1cccs1. The standard InChI is InChI=1S/C18H25N3O2S2/c1-21(25(22,23)18-8-5-11-24-18)15-9-10-17(16(19)12-15)20-13-14-6-3-2-4-7-14/h5,8-12,14,20H,2-4,6-7,13,19H2,1H3. The molecular formula is C18H25N3O2S2. The van der Waals surface area contributed by atoms with E-state index in [0.29, 0.717) is 21.5 Å². The molecule has 1 aromatic heterocycles. The topological polar surface area (TPSA) is 75.4 Å². The fraction of sp³-hybridized carbons (Fsp3) is 0.444. The van der Waals surface area contributed by atoms with Crippen molar-refractivity contribution < 1.29 is 8.42 Å². The maximum atomic E-state index is 12.6. The van der Waals surface area contributed by atoms with Crippen LogP contribution in [0.4, 0.5) is 17.1 Å². The van der Waals surface area contributed by atoms with Gasteiger partial charge in [-0.3, -0.25) is 4.31 Å². The Morgan fingerprint density at radius 3 is 2.64 bits per heavy atom. The smallest absolute Gasteiger partial charge is 0.273 e. The number of nitrogens with zero attached hydrogens (tertiary/aromatic N) is 1. The summed E-state index contributed by atoms with van der Waals surface area (Å²) in [5.74, 6) is 0.703. The number of thiophene rings is 1. The van der Waals surface area contributed by atoms with Crippen molar-refractivity contribution in [2.24, 2.45) is 5.92 Å². The second kappa shape index (κ2) is 7.66. The molecule has 25 heavy (non-hydrogen) atoms. The predicted octanol–water partition coefficient (Wildman–Crippen LogP) is 4.15. The van der Waals surface area contributed by atoms with E-state index in [1.54, 1.807) is 36.7 Å². The van der Waals surface area contributed by atoms with E-state index >= 15 is 0 Å². The molecule has 1 saturated carbocycles. The molecule has 7 heteroatoms. The third kappa shape index (κ3) is 4.10. The minimum atomic E-state index is -3.53. The predicted molar refractivity (Wildman–Crippen MR) is 106 cm³/mol. The van der Waals surface area contributed by atoms with Gasteiger partial charge in [0.15, 0.2) is 0 Å². The summed E-state index contributed by atoms with van der Waals surface area (Å²) < 4.78 is 26.8. The van der Waals surface area contributed by atoms with Crippen LogP contribution >= 0.6 is 11.3 Å². The van der Waals surface area contributed by atoms with Crippen molar-refractivity contribution >= 4 is 38.4 Å². The summed E-state index contributed by atoms with van der Waals surface area (Å²) in [4.78, 5) is 0. The Kier molecular flexibility index (Phi) is 5.54. The molecule has 0 radical (unpaired) electrons. The van der Waals surface area contributed by atoms with E-state index in [0.717, 1.165) is 12.2 Å². The van der Waals surface area contributed by atoms with Gasteiger partial charge in [-0.1, -0.05) is 25.3 Å². The Hall–Kier alpha value is -1.73. The van der Waals surface area contributed by atoms with E-state index in [1.807, 2.05) is 6.07 Å². The van der Waals surface area contributed by atoms with Crippen LogP contribution in [0.3, 0.4) is 0 Å².